The molecule has 4 N–H and O–H groups in total. The van der Waals surface area contributed by atoms with E-state index in [2.05, 4.69) is 20.1 Å². The van der Waals surface area contributed by atoms with Gasteiger partial charge in [0.2, 0.25) is 26.0 Å². The summed E-state index contributed by atoms with van der Waals surface area (Å²) in [5.74, 6) is -2.19. The van der Waals surface area contributed by atoms with Crippen molar-refractivity contribution < 1.29 is 39.2 Å². The lowest BCUT2D eigenvalue weighted by molar-refractivity contribution is -0.125. The first kappa shape index (κ1) is 45.6. The Balaban J connectivity index is 0.000000242. The van der Waals surface area contributed by atoms with Crippen LogP contribution in [-0.4, -0.2) is 55.5 Å². The zero-order chi connectivity index (χ0) is 41.8. The minimum atomic E-state index is -3.72. The normalized spacial score (nSPS) is 19.6. The zero-order valence-corrected chi connectivity index (χ0v) is 34.3. The van der Waals surface area contributed by atoms with Crippen molar-refractivity contribution in [3.05, 3.63) is 108 Å². The minimum absolute atomic E-state index is 0.00933. The van der Waals surface area contributed by atoms with Crippen LogP contribution in [0.4, 0.5) is 17.6 Å². The quantitative estimate of drug-likeness (QED) is 0.114. The molecule has 4 aromatic rings. The third-order valence-corrected chi connectivity index (χ3v) is 13.2. The van der Waals surface area contributed by atoms with E-state index in [9.17, 15) is 39.2 Å². The van der Waals surface area contributed by atoms with E-state index in [1.807, 2.05) is 20.9 Å². The maximum absolute atomic E-state index is 13.9. The van der Waals surface area contributed by atoms with Gasteiger partial charge >= 0.3 is 0 Å². The van der Waals surface area contributed by atoms with Gasteiger partial charge in [-0.2, -0.15) is 0 Å². The summed E-state index contributed by atoms with van der Waals surface area (Å²) in [6, 6.07) is 18.1. The first-order valence-electron chi connectivity index (χ1n) is 19.2. The molecule has 1 amide bonds. The lowest BCUT2D eigenvalue weighted by Crippen LogP contribution is -2.40. The number of benzene rings is 4. The Morgan fingerprint density at radius 2 is 0.965 bits per heavy atom. The molecule has 6 rings (SSSR count). The van der Waals surface area contributed by atoms with Crippen LogP contribution in [0, 0.1) is 35.1 Å². The molecule has 2 aliphatic carbocycles. The highest BCUT2D eigenvalue weighted by Crippen LogP contribution is 2.29. The average molecular weight is 833 g/mol. The monoisotopic (exact) mass is 832 g/mol. The lowest BCUT2D eigenvalue weighted by Gasteiger charge is -2.28. The van der Waals surface area contributed by atoms with Gasteiger partial charge in [-0.1, -0.05) is 38.1 Å². The number of hydrogen-bond acceptors (Lipinski definition) is 6. The van der Waals surface area contributed by atoms with Crippen LogP contribution >= 0.6 is 0 Å². The second kappa shape index (κ2) is 21.0. The van der Waals surface area contributed by atoms with Gasteiger partial charge in [-0.3, -0.25) is 4.79 Å². The molecule has 2 aliphatic rings. The minimum Gasteiger partial charge on any atom is -0.359 e. The van der Waals surface area contributed by atoms with E-state index < -0.39 is 43.3 Å². The van der Waals surface area contributed by atoms with Gasteiger partial charge in [0, 0.05) is 48.3 Å². The molecule has 0 spiro atoms. The molecule has 0 unspecified atom stereocenters. The molecule has 0 heterocycles. The van der Waals surface area contributed by atoms with Gasteiger partial charge in [-0.25, -0.2) is 43.8 Å². The van der Waals surface area contributed by atoms with Crippen LogP contribution in [-0.2, 0) is 24.8 Å². The molecular weight excluding hydrogens is 781 g/mol. The van der Waals surface area contributed by atoms with Crippen molar-refractivity contribution in [1.82, 2.24) is 20.1 Å². The van der Waals surface area contributed by atoms with Gasteiger partial charge in [0.25, 0.3) is 0 Å². The van der Waals surface area contributed by atoms with Gasteiger partial charge in [0.1, 0.15) is 23.3 Å². The van der Waals surface area contributed by atoms with Crippen molar-refractivity contribution in [2.75, 3.05) is 20.6 Å². The fraction of sp³-hybridized carbons (Fsp3) is 0.405. The van der Waals surface area contributed by atoms with Crippen molar-refractivity contribution in [2.24, 2.45) is 11.8 Å². The molecular formula is C42H52F4N4O5S2. The number of carbonyl (C=O) groups is 1. The average Bonchev–Trinajstić information content (AvgIpc) is 3.20. The highest BCUT2D eigenvalue weighted by molar-refractivity contribution is 7.89. The number of carbonyl (C=O) groups excluding carboxylic acids is 1. The SMILES string of the molecule is CC.CNC(=O)C1CCC(NS(=O)(=O)c2ccc(-c3ccc(F)cc3F)cc2)CC1.CNCC1CCC(NS(=O)(=O)c2ccc(-c3ccc(F)cc3F)cc2)CC1. The predicted molar refractivity (Wildman–Crippen MR) is 215 cm³/mol. The summed E-state index contributed by atoms with van der Waals surface area (Å²) in [5, 5.41) is 5.79. The van der Waals surface area contributed by atoms with E-state index in [4.69, 9.17) is 0 Å². The van der Waals surface area contributed by atoms with Crippen molar-refractivity contribution >= 4 is 26.0 Å². The number of rotatable bonds is 11. The standard InChI is InChI=1S/C20H22F2N2O3S.C20H24F2N2O2S.C2H6/c1-23-20(25)14-2-7-16(8-3-14)24-28(26,27)17-9-4-13(5-10-17)18-11-6-15(21)12-19(18)22;1-23-13-14-2-7-17(8-3-14)24-27(25,26)18-9-4-15(5-10-18)19-11-6-16(21)12-20(19)22;1-2/h4-6,9-12,14,16,24H,2-3,7-8H2,1H3,(H,23,25);4-6,9-12,14,17,23-24H,2-3,7-8,13H2,1H3;1-2H3. The molecule has 0 aliphatic heterocycles. The Morgan fingerprint density at radius 3 is 1.32 bits per heavy atom. The van der Waals surface area contributed by atoms with Crippen LogP contribution < -0.4 is 20.1 Å². The van der Waals surface area contributed by atoms with Crippen LogP contribution in [0.1, 0.15) is 65.2 Å². The molecule has 0 bridgehead atoms. The molecule has 310 valence electrons. The van der Waals surface area contributed by atoms with Crippen LogP contribution in [0.3, 0.4) is 0 Å². The first-order chi connectivity index (χ1) is 27.2. The topological polar surface area (TPSA) is 133 Å². The lowest BCUT2D eigenvalue weighted by atomic mass is 9.86. The Labute approximate surface area is 334 Å². The second-order valence-corrected chi connectivity index (χ2v) is 17.4. The Bertz CT molecular complexity index is 2140. The largest absolute Gasteiger partial charge is 0.359 e. The van der Waals surface area contributed by atoms with Crippen molar-refractivity contribution in [3.63, 3.8) is 0 Å². The molecule has 15 heteroatoms. The highest BCUT2D eigenvalue weighted by Gasteiger charge is 2.29. The number of nitrogens with one attached hydrogen (secondary N) is 4. The van der Waals surface area contributed by atoms with Gasteiger partial charge in [-0.05, 0) is 131 Å². The Kier molecular flexibility index (Phi) is 16.8. The summed E-state index contributed by atoms with van der Waals surface area (Å²) in [5.41, 5.74) is 1.39. The van der Waals surface area contributed by atoms with Crippen LogP contribution in [0.5, 0.6) is 0 Å². The molecule has 0 radical (unpaired) electrons. The fourth-order valence-electron chi connectivity index (χ4n) is 7.10. The van der Waals surface area contributed by atoms with Crippen molar-refractivity contribution in [2.45, 2.75) is 87.1 Å². The second-order valence-electron chi connectivity index (χ2n) is 14.0. The van der Waals surface area contributed by atoms with E-state index >= 15 is 0 Å². The zero-order valence-electron chi connectivity index (χ0n) is 32.6. The highest BCUT2D eigenvalue weighted by atomic mass is 32.2. The Hall–Kier alpha value is -4.15. The summed E-state index contributed by atoms with van der Waals surface area (Å²) in [6.45, 7) is 4.96. The van der Waals surface area contributed by atoms with E-state index in [-0.39, 0.29) is 44.8 Å². The van der Waals surface area contributed by atoms with Crippen LogP contribution in [0.25, 0.3) is 22.3 Å². The van der Waals surface area contributed by atoms with Crippen LogP contribution in [0.2, 0.25) is 0 Å². The van der Waals surface area contributed by atoms with E-state index in [0.29, 0.717) is 42.7 Å². The molecule has 2 saturated carbocycles. The summed E-state index contributed by atoms with van der Waals surface area (Å²) in [4.78, 5) is 11.9. The van der Waals surface area contributed by atoms with Crippen LogP contribution in [0.15, 0.2) is 94.7 Å². The summed E-state index contributed by atoms with van der Waals surface area (Å²) >= 11 is 0. The molecule has 2 fully saturated rings. The predicted octanol–water partition coefficient (Wildman–Crippen LogP) is 7.93. The molecule has 0 aromatic heterocycles. The molecule has 4 aromatic carbocycles. The molecule has 0 atom stereocenters. The summed E-state index contributed by atoms with van der Waals surface area (Å²) in [6.07, 6.45) is 6.10. The summed E-state index contributed by atoms with van der Waals surface area (Å²) in [7, 11) is -3.83. The van der Waals surface area contributed by atoms with Gasteiger partial charge in [-0.15, -0.1) is 0 Å². The van der Waals surface area contributed by atoms with E-state index in [1.165, 1.54) is 66.7 Å². The smallest absolute Gasteiger partial charge is 0.240 e. The molecule has 57 heavy (non-hydrogen) atoms. The Morgan fingerprint density at radius 1 is 0.579 bits per heavy atom. The maximum atomic E-state index is 13.9. The first-order valence-corrected chi connectivity index (χ1v) is 22.2. The number of amides is 1. The van der Waals surface area contributed by atoms with Gasteiger partial charge in [0.05, 0.1) is 9.79 Å². The number of hydrogen-bond donors (Lipinski definition) is 4. The van der Waals surface area contributed by atoms with Crippen molar-refractivity contribution in [3.8, 4) is 22.3 Å². The molecule has 9 nitrogen and oxygen atoms in total. The molecule has 0 saturated heterocycles. The third-order valence-electron chi connectivity index (χ3n) is 10.1. The van der Waals surface area contributed by atoms with E-state index in [1.54, 1.807) is 7.05 Å². The summed E-state index contributed by atoms with van der Waals surface area (Å²) < 4.78 is 110. The number of sulfonamides is 2. The van der Waals surface area contributed by atoms with Gasteiger partial charge in [0.15, 0.2) is 0 Å². The fourth-order valence-corrected chi connectivity index (χ4v) is 9.71. The van der Waals surface area contributed by atoms with Crippen molar-refractivity contribution in [1.29, 1.82) is 0 Å². The van der Waals surface area contributed by atoms with E-state index in [0.717, 1.165) is 50.4 Å². The maximum Gasteiger partial charge on any atom is 0.240 e. The van der Waals surface area contributed by atoms with Gasteiger partial charge < -0.3 is 10.6 Å². The third kappa shape index (κ3) is 12.7. The number of halogens is 4.